The van der Waals surface area contributed by atoms with Crippen LogP contribution in [0.15, 0.2) is 0 Å². The molecule has 0 saturated heterocycles. The number of hydrogen-bond acceptors (Lipinski definition) is 4. The molecule has 2 atom stereocenters. The molecule has 0 aromatic rings. The van der Waals surface area contributed by atoms with Crippen molar-refractivity contribution >= 4 is 22.5 Å². The Balaban J connectivity index is 0. The Morgan fingerprint density at radius 3 is 1.38 bits per heavy atom. The Morgan fingerprint density at radius 2 is 1.38 bits per heavy atom. The molecule has 0 aliphatic rings. The summed E-state index contributed by atoms with van der Waals surface area (Å²) in [5, 5.41) is 0. The molecular formula is NO4S2Y-3. The summed E-state index contributed by atoms with van der Waals surface area (Å²) in [6.07, 6.45) is 0. The first-order valence-corrected chi connectivity index (χ1v) is 3.10. The van der Waals surface area contributed by atoms with Gasteiger partial charge < -0.3 is 13.2 Å². The van der Waals surface area contributed by atoms with Crippen LogP contribution in [0.3, 0.4) is 0 Å². The van der Waals surface area contributed by atoms with Gasteiger partial charge in [-0.2, -0.15) is 22.5 Å². The van der Waals surface area contributed by atoms with Crippen molar-refractivity contribution in [1.29, 1.82) is 0 Å². The van der Waals surface area contributed by atoms with Crippen LogP contribution in [0.2, 0.25) is 0 Å². The summed E-state index contributed by atoms with van der Waals surface area (Å²) in [6.45, 7) is 0. The molecule has 0 aromatic heterocycles. The van der Waals surface area contributed by atoms with Gasteiger partial charge in [0, 0.05) is 32.7 Å². The Bertz CT molecular complexity index is 90.2. The van der Waals surface area contributed by atoms with E-state index in [0.717, 1.165) is 0 Å². The summed E-state index contributed by atoms with van der Waals surface area (Å²) in [7, 11) is 0. The maximum absolute atomic E-state index is 9.25. The molecule has 0 rings (SSSR count). The fourth-order valence-corrected chi connectivity index (χ4v) is 0.447. The molecule has 0 spiro atoms. The smallest absolute Gasteiger partial charge is 0 e. The van der Waals surface area contributed by atoms with E-state index in [1.807, 2.05) is 0 Å². The van der Waals surface area contributed by atoms with Gasteiger partial charge >= 0.3 is 0 Å². The van der Waals surface area contributed by atoms with E-state index in [0.29, 0.717) is 0 Å². The van der Waals surface area contributed by atoms with Crippen molar-refractivity contribution in [1.82, 2.24) is 0 Å². The van der Waals surface area contributed by atoms with E-state index >= 15 is 0 Å². The normalized spacial score (nSPS) is 16.2. The molecule has 0 aliphatic heterocycles. The molecule has 0 bridgehead atoms. The average Bonchev–Trinajstić information content (AvgIpc) is 1.27. The minimum atomic E-state index is -2.83. The molecule has 0 amide bonds. The average molecular weight is 231 g/mol. The zero-order valence-corrected chi connectivity index (χ0v) is 7.95. The molecule has 0 fully saturated rings. The van der Waals surface area contributed by atoms with Crippen molar-refractivity contribution in [3.05, 3.63) is 4.13 Å². The van der Waals surface area contributed by atoms with Crippen molar-refractivity contribution in [2.45, 2.75) is 0 Å². The maximum Gasteiger partial charge on any atom is 0 e. The van der Waals surface area contributed by atoms with E-state index in [9.17, 15) is 17.5 Å². The molecule has 47 valence electrons. The molecule has 8 heavy (non-hydrogen) atoms. The van der Waals surface area contributed by atoms with Crippen molar-refractivity contribution in [2.75, 3.05) is 0 Å². The Morgan fingerprint density at radius 1 is 1.12 bits per heavy atom. The maximum atomic E-state index is 9.25. The molecular weight excluding hydrogens is 231 g/mol. The van der Waals surface area contributed by atoms with Crippen LogP contribution in [0, 0.1) is 0 Å². The van der Waals surface area contributed by atoms with Gasteiger partial charge in [0.25, 0.3) is 0 Å². The van der Waals surface area contributed by atoms with Gasteiger partial charge in [0.1, 0.15) is 0 Å². The van der Waals surface area contributed by atoms with Gasteiger partial charge in [0.2, 0.25) is 0 Å². The summed E-state index contributed by atoms with van der Waals surface area (Å²) < 4.78 is 39.1. The Labute approximate surface area is 76.3 Å². The van der Waals surface area contributed by atoms with Gasteiger partial charge in [0.15, 0.2) is 0 Å². The molecule has 0 aliphatic carbocycles. The van der Waals surface area contributed by atoms with Crippen LogP contribution in [0.4, 0.5) is 0 Å². The van der Waals surface area contributed by atoms with Crippen LogP contribution in [0.25, 0.3) is 4.13 Å². The van der Waals surface area contributed by atoms with Crippen molar-refractivity contribution in [2.24, 2.45) is 0 Å². The van der Waals surface area contributed by atoms with Gasteiger partial charge in [-0.25, -0.2) is 0 Å². The molecule has 0 heterocycles. The molecule has 5 nitrogen and oxygen atoms in total. The number of nitrogens with zero attached hydrogens (tertiary/aromatic N) is 1. The molecule has 8 heteroatoms. The van der Waals surface area contributed by atoms with Crippen molar-refractivity contribution in [3.8, 4) is 0 Å². The van der Waals surface area contributed by atoms with Gasteiger partial charge in [-0.3, -0.25) is 8.42 Å². The summed E-state index contributed by atoms with van der Waals surface area (Å²) in [6, 6.07) is 0. The first-order valence-electron chi connectivity index (χ1n) is 1.03. The zero-order valence-electron chi connectivity index (χ0n) is 3.47. The molecule has 0 aromatic carbocycles. The first-order chi connectivity index (χ1) is 3.13. The third-order valence-corrected chi connectivity index (χ3v) is 1.10. The van der Waals surface area contributed by atoms with E-state index in [-0.39, 0.29) is 32.7 Å². The topological polar surface area (TPSA) is 94.4 Å². The quantitative estimate of drug-likeness (QED) is 0.566. The first kappa shape index (κ1) is 12.0. The summed E-state index contributed by atoms with van der Waals surface area (Å²) in [4.78, 5) is 0. The van der Waals surface area contributed by atoms with Crippen molar-refractivity contribution < 1.29 is 50.2 Å². The Kier molecular flexibility index (Phi) is 9.61. The fraction of sp³-hybridized carbons (Fsp3) is 0. The molecule has 0 saturated carbocycles. The third kappa shape index (κ3) is 10.3. The van der Waals surface area contributed by atoms with Crippen LogP contribution in [-0.2, 0) is 55.2 Å². The van der Waals surface area contributed by atoms with Gasteiger partial charge in [-0.15, -0.1) is 0 Å². The van der Waals surface area contributed by atoms with E-state index in [2.05, 4.69) is 4.13 Å². The standard InChI is InChI=1S/H2NO4S2.Y/c2-6(3)1-7(4)5;/h(H,2,3)(H,4,5);/q-1;/p-2. The van der Waals surface area contributed by atoms with Crippen LogP contribution in [0.1, 0.15) is 0 Å². The van der Waals surface area contributed by atoms with E-state index < -0.39 is 22.5 Å². The largest absolute Gasteiger partial charge is 0.788 e. The second-order valence-corrected chi connectivity index (χ2v) is 1.97. The minimum absolute atomic E-state index is 0. The molecule has 0 N–H and O–H groups in total. The van der Waals surface area contributed by atoms with Crippen LogP contribution < -0.4 is 0 Å². The Hall–Kier alpha value is 1.28. The minimum Gasteiger partial charge on any atom is -0.788 e. The van der Waals surface area contributed by atoms with E-state index in [1.165, 1.54) is 0 Å². The molecule has 1 radical (unpaired) electrons. The van der Waals surface area contributed by atoms with Crippen molar-refractivity contribution in [3.63, 3.8) is 0 Å². The number of rotatable bonds is 2. The zero-order chi connectivity index (χ0) is 5.86. The van der Waals surface area contributed by atoms with Crippen LogP contribution in [0.5, 0.6) is 0 Å². The summed E-state index contributed by atoms with van der Waals surface area (Å²) in [5.74, 6) is 0. The molecule has 2 unspecified atom stereocenters. The monoisotopic (exact) mass is 231 g/mol. The van der Waals surface area contributed by atoms with Crippen LogP contribution >= 0.6 is 0 Å². The predicted octanol–water partition coefficient (Wildman–Crippen LogP) is -1.05. The van der Waals surface area contributed by atoms with E-state index in [4.69, 9.17) is 0 Å². The van der Waals surface area contributed by atoms with Gasteiger partial charge in [-0.1, -0.05) is 0 Å². The van der Waals surface area contributed by atoms with E-state index in [1.54, 1.807) is 0 Å². The summed E-state index contributed by atoms with van der Waals surface area (Å²) >= 11 is -5.67. The van der Waals surface area contributed by atoms with Crippen LogP contribution in [-0.4, -0.2) is 17.5 Å². The fourth-order valence-electron chi connectivity index (χ4n) is 0.0497. The van der Waals surface area contributed by atoms with Gasteiger partial charge in [-0.05, 0) is 0 Å². The second kappa shape index (κ2) is 6.40. The van der Waals surface area contributed by atoms with Gasteiger partial charge in [0.05, 0.1) is 0 Å². The predicted molar refractivity (Wildman–Crippen MR) is 21.2 cm³/mol. The third-order valence-electron chi connectivity index (χ3n) is 0.122. The second-order valence-electron chi connectivity index (χ2n) is 0.509. The summed E-state index contributed by atoms with van der Waals surface area (Å²) in [5.41, 5.74) is 0. The number of hydrogen-bond donors (Lipinski definition) is 0. The SMILES string of the molecule is O=S([O-])[N-]S(=O)[O-].[Y].